The minimum Gasteiger partial charge on any atom is -0.508 e. The number of phenols is 1. The molecule has 0 spiro atoms. The molecular weight excluding hydrogens is 220 g/mol. The number of benzene rings is 1. The number of rotatable bonds is 4. The topological polar surface area (TPSA) is 20.2 Å². The van der Waals surface area contributed by atoms with Gasteiger partial charge in [-0.1, -0.05) is 60.6 Å². The maximum absolute atomic E-state index is 9.19. The molecule has 0 aliphatic heterocycles. The van der Waals surface area contributed by atoms with E-state index in [1.807, 2.05) is 39.8 Å². The van der Waals surface area contributed by atoms with E-state index in [1.165, 1.54) is 18.4 Å². The molecule has 1 aromatic rings. The van der Waals surface area contributed by atoms with E-state index in [4.69, 9.17) is 0 Å². The highest BCUT2D eigenvalue weighted by molar-refractivity contribution is 5.28. The quantitative estimate of drug-likeness (QED) is 0.698. The van der Waals surface area contributed by atoms with Gasteiger partial charge in [-0.15, -0.1) is 0 Å². The van der Waals surface area contributed by atoms with Crippen LogP contribution in [0.25, 0.3) is 0 Å². The summed E-state index contributed by atoms with van der Waals surface area (Å²) >= 11 is 0. The van der Waals surface area contributed by atoms with Gasteiger partial charge in [0.15, 0.2) is 0 Å². The van der Waals surface area contributed by atoms with Gasteiger partial charge >= 0.3 is 0 Å². The van der Waals surface area contributed by atoms with E-state index < -0.39 is 0 Å². The number of hydrogen-bond acceptors (Lipinski definition) is 1. The fourth-order valence-electron chi connectivity index (χ4n) is 1.85. The van der Waals surface area contributed by atoms with Gasteiger partial charge in [-0.3, -0.25) is 0 Å². The van der Waals surface area contributed by atoms with Gasteiger partial charge < -0.3 is 5.11 Å². The molecule has 106 valence electrons. The van der Waals surface area contributed by atoms with Crippen LogP contribution in [0.1, 0.15) is 72.8 Å². The summed E-state index contributed by atoms with van der Waals surface area (Å²) in [7, 11) is 0. The Bertz CT molecular complexity index is 261. The number of phenolic OH excluding ortho intramolecular Hbond substituents is 1. The summed E-state index contributed by atoms with van der Waals surface area (Å²) in [4.78, 5) is 0. The van der Waals surface area contributed by atoms with Gasteiger partial charge in [-0.05, 0) is 42.4 Å². The van der Waals surface area contributed by atoms with Crippen molar-refractivity contribution >= 4 is 0 Å². The summed E-state index contributed by atoms with van der Waals surface area (Å²) in [6, 6.07) is 7.62. The highest BCUT2D eigenvalue weighted by Gasteiger charge is 2.10. The monoisotopic (exact) mass is 252 g/mol. The average molecular weight is 252 g/mol. The summed E-state index contributed by atoms with van der Waals surface area (Å²) in [5.41, 5.74) is 1.35. The van der Waals surface area contributed by atoms with E-state index in [0.29, 0.717) is 11.7 Å². The average Bonchev–Trinajstić information content (AvgIpc) is 2.41. The first-order chi connectivity index (χ1) is 8.63. The van der Waals surface area contributed by atoms with Crippen LogP contribution in [0.15, 0.2) is 24.3 Å². The Morgan fingerprint density at radius 2 is 1.39 bits per heavy atom. The Hall–Kier alpha value is -0.980. The molecule has 1 heteroatoms. The Kier molecular flexibility index (Phi) is 13.4. The second-order valence-corrected chi connectivity index (χ2v) is 4.33. The minimum atomic E-state index is 0.355. The van der Waals surface area contributed by atoms with Crippen LogP contribution in [0.2, 0.25) is 0 Å². The van der Waals surface area contributed by atoms with Gasteiger partial charge in [0.25, 0.3) is 0 Å². The van der Waals surface area contributed by atoms with Crippen molar-refractivity contribution in [2.45, 2.75) is 67.2 Å². The van der Waals surface area contributed by atoms with Crippen molar-refractivity contribution in [2.75, 3.05) is 0 Å². The molecule has 0 aliphatic rings. The van der Waals surface area contributed by atoms with Gasteiger partial charge in [0.05, 0.1) is 0 Å². The molecule has 1 rings (SSSR count). The molecule has 1 N–H and O–H groups in total. The summed E-state index contributed by atoms with van der Waals surface area (Å²) in [5, 5.41) is 9.19. The van der Waals surface area contributed by atoms with Crippen LogP contribution in [0, 0.1) is 5.92 Å². The van der Waals surface area contributed by atoms with Crippen molar-refractivity contribution in [3.05, 3.63) is 29.8 Å². The molecule has 1 unspecified atom stereocenters. The SMILES string of the molecule is CC.CC.CCC(CC(C)C)c1ccc(O)cc1. The summed E-state index contributed by atoms with van der Waals surface area (Å²) in [6.45, 7) is 14.7. The second-order valence-electron chi connectivity index (χ2n) is 4.33. The fourth-order valence-corrected chi connectivity index (χ4v) is 1.85. The first-order valence-corrected chi connectivity index (χ1v) is 7.42. The maximum atomic E-state index is 9.19. The van der Waals surface area contributed by atoms with Crippen molar-refractivity contribution in [1.29, 1.82) is 0 Å². The standard InChI is InChI=1S/C13H20O.2C2H6/c1-4-11(9-10(2)3)12-5-7-13(14)8-6-12;2*1-2/h5-8,10-11,14H,4,9H2,1-3H3;2*1-2H3. The van der Waals surface area contributed by atoms with Gasteiger partial charge in [0.1, 0.15) is 5.75 Å². The van der Waals surface area contributed by atoms with Crippen LogP contribution in [0.4, 0.5) is 0 Å². The van der Waals surface area contributed by atoms with Crippen LogP contribution in [-0.2, 0) is 0 Å². The molecule has 0 heterocycles. The van der Waals surface area contributed by atoms with Crippen molar-refractivity contribution in [1.82, 2.24) is 0 Å². The molecule has 0 fully saturated rings. The van der Waals surface area contributed by atoms with Crippen molar-refractivity contribution in [2.24, 2.45) is 5.92 Å². The molecule has 0 aromatic heterocycles. The molecular formula is C17H32O. The van der Waals surface area contributed by atoms with Crippen LogP contribution >= 0.6 is 0 Å². The molecule has 1 aromatic carbocycles. The zero-order valence-corrected chi connectivity index (χ0v) is 13.3. The third-order valence-electron chi connectivity index (χ3n) is 2.61. The van der Waals surface area contributed by atoms with Crippen LogP contribution in [0.5, 0.6) is 5.75 Å². The molecule has 1 atom stereocenters. The Labute approximate surface area is 114 Å². The third-order valence-corrected chi connectivity index (χ3v) is 2.61. The maximum Gasteiger partial charge on any atom is 0.115 e. The number of hydrogen-bond donors (Lipinski definition) is 1. The lowest BCUT2D eigenvalue weighted by molar-refractivity contribution is 0.471. The summed E-state index contributed by atoms with van der Waals surface area (Å²) < 4.78 is 0. The molecule has 0 saturated carbocycles. The third kappa shape index (κ3) is 8.16. The van der Waals surface area contributed by atoms with E-state index in [1.54, 1.807) is 12.1 Å². The van der Waals surface area contributed by atoms with Gasteiger partial charge in [0, 0.05) is 0 Å². The zero-order chi connectivity index (χ0) is 14.6. The van der Waals surface area contributed by atoms with Crippen molar-refractivity contribution in [3.8, 4) is 5.75 Å². The first kappa shape index (κ1) is 19.4. The highest BCUT2D eigenvalue weighted by Crippen LogP contribution is 2.27. The molecule has 0 aliphatic carbocycles. The number of aromatic hydroxyl groups is 1. The van der Waals surface area contributed by atoms with Crippen LogP contribution < -0.4 is 0 Å². The van der Waals surface area contributed by atoms with E-state index in [-0.39, 0.29) is 0 Å². The summed E-state index contributed by atoms with van der Waals surface area (Å²) in [5.74, 6) is 1.72. The lowest BCUT2D eigenvalue weighted by atomic mass is 9.88. The predicted molar refractivity (Wildman–Crippen MR) is 83.3 cm³/mol. The van der Waals surface area contributed by atoms with E-state index in [2.05, 4.69) is 20.8 Å². The lowest BCUT2D eigenvalue weighted by Gasteiger charge is -2.17. The fraction of sp³-hybridized carbons (Fsp3) is 0.647. The summed E-state index contributed by atoms with van der Waals surface area (Å²) in [6.07, 6.45) is 2.39. The van der Waals surface area contributed by atoms with Crippen molar-refractivity contribution < 1.29 is 5.11 Å². The van der Waals surface area contributed by atoms with E-state index >= 15 is 0 Å². The van der Waals surface area contributed by atoms with Gasteiger partial charge in [-0.2, -0.15) is 0 Å². The van der Waals surface area contributed by atoms with Crippen LogP contribution in [0.3, 0.4) is 0 Å². The van der Waals surface area contributed by atoms with E-state index in [9.17, 15) is 5.11 Å². The smallest absolute Gasteiger partial charge is 0.115 e. The molecule has 0 saturated heterocycles. The molecule has 0 bridgehead atoms. The second kappa shape index (κ2) is 12.5. The molecule has 0 radical (unpaired) electrons. The predicted octanol–water partition coefficient (Wildman–Crippen LogP) is 5.98. The zero-order valence-electron chi connectivity index (χ0n) is 13.3. The first-order valence-electron chi connectivity index (χ1n) is 7.42. The largest absolute Gasteiger partial charge is 0.508 e. The Morgan fingerprint density at radius 1 is 0.944 bits per heavy atom. The molecule has 18 heavy (non-hydrogen) atoms. The minimum absolute atomic E-state index is 0.355. The lowest BCUT2D eigenvalue weighted by Crippen LogP contribution is -2.01. The molecule has 1 nitrogen and oxygen atoms in total. The highest BCUT2D eigenvalue weighted by atomic mass is 16.3. The van der Waals surface area contributed by atoms with Gasteiger partial charge in [-0.25, -0.2) is 0 Å². The normalized spacial score (nSPS) is 10.9. The van der Waals surface area contributed by atoms with Gasteiger partial charge in [0.2, 0.25) is 0 Å². The van der Waals surface area contributed by atoms with Crippen LogP contribution in [-0.4, -0.2) is 5.11 Å². The van der Waals surface area contributed by atoms with Crippen molar-refractivity contribution in [3.63, 3.8) is 0 Å². The Morgan fingerprint density at radius 3 is 1.72 bits per heavy atom. The Balaban J connectivity index is 0. The van der Waals surface area contributed by atoms with E-state index in [0.717, 1.165) is 5.92 Å². The molecule has 0 amide bonds.